The number of aromatic nitrogens is 1. The lowest BCUT2D eigenvalue weighted by atomic mass is 10.0. The zero-order valence-electron chi connectivity index (χ0n) is 13.1. The molecule has 1 aromatic heterocycles. The van der Waals surface area contributed by atoms with Crippen molar-refractivity contribution in [2.75, 3.05) is 13.6 Å². The summed E-state index contributed by atoms with van der Waals surface area (Å²) in [5.74, 6) is -0.667. The molecule has 128 valence electrons. The second kappa shape index (κ2) is 7.75. The molecular weight excluding hydrogens is 334 g/mol. The van der Waals surface area contributed by atoms with Gasteiger partial charge in [-0.05, 0) is 49.0 Å². The molecule has 1 heterocycles. The number of aliphatic hydroxyl groups is 1. The number of benzene rings is 2. The Morgan fingerprint density at radius 3 is 2.54 bits per heavy atom. The van der Waals surface area contributed by atoms with Crippen molar-refractivity contribution in [3.63, 3.8) is 0 Å². The largest absolute Gasteiger partial charge is 0.389 e. The van der Waals surface area contributed by atoms with Crippen molar-refractivity contribution in [3.8, 4) is 0 Å². The maximum absolute atomic E-state index is 13.6. The fraction of sp³-hybridized carbons (Fsp3) is 0.222. The number of nitrogens with one attached hydrogen (secondary N) is 1. The molecule has 0 radical (unpaired) electrons. The van der Waals surface area contributed by atoms with E-state index >= 15 is 0 Å². The van der Waals surface area contributed by atoms with Crippen LogP contribution in [0.15, 0.2) is 54.7 Å². The van der Waals surface area contributed by atoms with Gasteiger partial charge in [0.05, 0.1) is 12.1 Å². The average Bonchev–Trinajstić information content (AvgIpc) is 2.91. The first-order chi connectivity index (χ1) is 11.1. The number of hydrogen-bond donors (Lipinski definition) is 2. The van der Waals surface area contributed by atoms with Crippen molar-refractivity contribution in [1.29, 1.82) is 0 Å². The van der Waals surface area contributed by atoms with Crippen LogP contribution in [0.2, 0.25) is 0 Å². The summed E-state index contributed by atoms with van der Waals surface area (Å²) in [5.41, 5.74) is 1.45. The first-order valence-electron chi connectivity index (χ1n) is 7.44. The molecule has 0 unspecified atom stereocenters. The molecule has 0 fully saturated rings. The summed E-state index contributed by atoms with van der Waals surface area (Å²) in [6.07, 6.45) is 1.03. The summed E-state index contributed by atoms with van der Waals surface area (Å²) in [5, 5.41) is 14.2. The number of likely N-dealkylation sites (N-methyl/N-ethyl adjacent to an activating group) is 1. The van der Waals surface area contributed by atoms with Gasteiger partial charge in [0.1, 0.15) is 11.6 Å². The van der Waals surface area contributed by atoms with E-state index in [1.54, 1.807) is 37.5 Å². The third-order valence-electron chi connectivity index (χ3n) is 3.95. The lowest BCUT2D eigenvalue weighted by molar-refractivity contribution is 0.132. The van der Waals surface area contributed by atoms with E-state index in [1.165, 1.54) is 24.3 Å². The fourth-order valence-corrected chi connectivity index (χ4v) is 2.96. The maximum Gasteiger partial charge on any atom is 0.123 e. The van der Waals surface area contributed by atoms with E-state index in [2.05, 4.69) is 5.32 Å². The fourth-order valence-electron chi connectivity index (χ4n) is 2.96. The van der Waals surface area contributed by atoms with Crippen LogP contribution in [0.4, 0.5) is 8.78 Å². The minimum atomic E-state index is -0.762. The van der Waals surface area contributed by atoms with E-state index in [4.69, 9.17) is 0 Å². The van der Waals surface area contributed by atoms with Gasteiger partial charge < -0.3 is 15.0 Å². The standard InChI is InChI=1S/C18H18F2N2O.ClH/c1-21-11-17(23)18(13-3-2-4-14(19)10-13)22-8-7-12-9-15(20)5-6-16(12)22;/h2-10,17-18,21,23H,11H2,1H3;1H/t17-,18+;/m1./s1. The maximum atomic E-state index is 13.6. The lowest BCUT2D eigenvalue weighted by Gasteiger charge is -2.26. The molecule has 0 aliphatic carbocycles. The predicted octanol–water partition coefficient (Wildman–Crippen LogP) is 3.51. The monoisotopic (exact) mass is 352 g/mol. The van der Waals surface area contributed by atoms with Crippen LogP contribution in [0.1, 0.15) is 11.6 Å². The van der Waals surface area contributed by atoms with E-state index in [-0.39, 0.29) is 24.0 Å². The molecular formula is C18H19ClF2N2O. The van der Waals surface area contributed by atoms with Crippen LogP contribution in [-0.4, -0.2) is 29.4 Å². The molecule has 24 heavy (non-hydrogen) atoms. The molecule has 3 aromatic rings. The summed E-state index contributed by atoms with van der Waals surface area (Å²) >= 11 is 0. The highest BCUT2D eigenvalue weighted by Gasteiger charge is 2.24. The van der Waals surface area contributed by atoms with Gasteiger partial charge in [-0.1, -0.05) is 12.1 Å². The van der Waals surface area contributed by atoms with Crippen LogP contribution >= 0.6 is 12.4 Å². The smallest absolute Gasteiger partial charge is 0.123 e. The molecule has 3 rings (SSSR count). The molecule has 0 bridgehead atoms. The second-order valence-corrected chi connectivity index (χ2v) is 5.55. The van der Waals surface area contributed by atoms with Crippen LogP contribution < -0.4 is 5.32 Å². The molecule has 0 saturated heterocycles. The number of rotatable bonds is 5. The van der Waals surface area contributed by atoms with Crippen molar-refractivity contribution in [2.45, 2.75) is 12.1 Å². The van der Waals surface area contributed by atoms with Gasteiger partial charge in [-0.15, -0.1) is 12.4 Å². The van der Waals surface area contributed by atoms with Crippen LogP contribution in [0.5, 0.6) is 0 Å². The van der Waals surface area contributed by atoms with E-state index < -0.39 is 12.1 Å². The Morgan fingerprint density at radius 1 is 1.08 bits per heavy atom. The molecule has 3 nitrogen and oxygen atoms in total. The quantitative estimate of drug-likeness (QED) is 0.737. The summed E-state index contributed by atoms with van der Waals surface area (Å²) in [6, 6.07) is 12.0. The molecule has 0 saturated carbocycles. The minimum Gasteiger partial charge on any atom is -0.389 e. The molecule has 0 aliphatic rings. The van der Waals surface area contributed by atoms with Crippen LogP contribution in [0.3, 0.4) is 0 Å². The molecule has 0 amide bonds. The van der Waals surface area contributed by atoms with Crippen molar-refractivity contribution in [2.24, 2.45) is 0 Å². The highest BCUT2D eigenvalue weighted by Crippen LogP contribution is 2.28. The van der Waals surface area contributed by atoms with E-state index in [0.717, 1.165) is 10.9 Å². The molecule has 0 aliphatic heterocycles. The van der Waals surface area contributed by atoms with Crippen LogP contribution in [0, 0.1) is 11.6 Å². The topological polar surface area (TPSA) is 37.2 Å². The van der Waals surface area contributed by atoms with Gasteiger partial charge in [0.15, 0.2) is 0 Å². The Morgan fingerprint density at radius 2 is 1.83 bits per heavy atom. The Bertz CT molecular complexity index is 822. The molecule has 2 aromatic carbocycles. The third kappa shape index (κ3) is 3.59. The number of hydrogen-bond acceptors (Lipinski definition) is 2. The predicted molar refractivity (Wildman–Crippen MR) is 93.6 cm³/mol. The SMILES string of the molecule is CNC[C@@H](O)[C@H](c1cccc(F)c1)n1ccc2cc(F)ccc21.Cl. The number of halogens is 3. The Balaban J connectivity index is 0.00000208. The summed E-state index contributed by atoms with van der Waals surface area (Å²) in [6.45, 7) is 0.349. The number of aliphatic hydroxyl groups excluding tert-OH is 1. The molecule has 2 atom stereocenters. The first-order valence-corrected chi connectivity index (χ1v) is 7.44. The summed E-state index contributed by atoms with van der Waals surface area (Å²) < 4.78 is 28.9. The van der Waals surface area contributed by atoms with Crippen LogP contribution in [-0.2, 0) is 0 Å². The average molecular weight is 353 g/mol. The Hall–Kier alpha value is -1.95. The summed E-state index contributed by atoms with van der Waals surface area (Å²) in [4.78, 5) is 0. The number of nitrogens with zero attached hydrogens (tertiary/aromatic N) is 1. The lowest BCUT2D eigenvalue weighted by Crippen LogP contribution is -2.33. The van der Waals surface area contributed by atoms with Crippen molar-refractivity contribution in [1.82, 2.24) is 9.88 Å². The van der Waals surface area contributed by atoms with E-state index in [1.807, 2.05) is 4.57 Å². The Labute approximate surface area is 145 Å². The van der Waals surface area contributed by atoms with Gasteiger partial charge in [0, 0.05) is 23.6 Å². The number of fused-ring (bicyclic) bond motifs is 1. The molecule has 2 N–H and O–H groups in total. The van der Waals surface area contributed by atoms with Gasteiger partial charge in [-0.2, -0.15) is 0 Å². The normalized spacial score (nSPS) is 13.5. The van der Waals surface area contributed by atoms with Gasteiger partial charge in [-0.25, -0.2) is 8.78 Å². The minimum absolute atomic E-state index is 0. The van der Waals surface area contributed by atoms with Crippen molar-refractivity contribution < 1.29 is 13.9 Å². The van der Waals surface area contributed by atoms with Gasteiger partial charge in [0.2, 0.25) is 0 Å². The molecule has 0 spiro atoms. The highest BCUT2D eigenvalue weighted by atomic mass is 35.5. The van der Waals surface area contributed by atoms with Gasteiger partial charge in [-0.3, -0.25) is 0 Å². The van der Waals surface area contributed by atoms with Crippen molar-refractivity contribution in [3.05, 3.63) is 71.9 Å². The first kappa shape index (κ1) is 18.4. The van der Waals surface area contributed by atoms with E-state index in [9.17, 15) is 13.9 Å². The Kier molecular flexibility index (Phi) is 5.94. The molecule has 6 heteroatoms. The van der Waals surface area contributed by atoms with Crippen LogP contribution in [0.25, 0.3) is 10.9 Å². The zero-order valence-corrected chi connectivity index (χ0v) is 13.9. The van der Waals surface area contributed by atoms with E-state index in [0.29, 0.717) is 12.1 Å². The zero-order chi connectivity index (χ0) is 16.4. The van der Waals surface area contributed by atoms with Crippen molar-refractivity contribution >= 4 is 23.3 Å². The summed E-state index contributed by atoms with van der Waals surface area (Å²) in [7, 11) is 1.75. The van der Waals surface area contributed by atoms with Gasteiger partial charge >= 0.3 is 0 Å². The van der Waals surface area contributed by atoms with Gasteiger partial charge in [0.25, 0.3) is 0 Å². The third-order valence-corrected chi connectivity index (χ3v) is 3.95. The highest BCUT2D eigenvalue weighted by molar-refractivity contribution is 5.85. The second-order valence-electron chi connectivity index (χ2n) is 5.55.